The minimum absolute atomic E-state index is 0.0229. The second-order valence-corrected chi connectivity index (χ2v) is 7.83. The average molecular weight is 456 g/mol. The highest BCUT2D eigenvalue weighted by molar-refractivity contribution is 8.00. The van der Waals surface area contributed by atoms with E-state index in [0.29, 0.717) is 34.3 Å². The van der Waals surface area contributed by atoms with Crippen molar-refractivity contribution in [3.63, 3.8) is 0 Å². The lowest BCUT2D eigenvalue weighted by Crippen LogP contribution is -2.15. The van der Waals surface area contributed by atoms with Crippen LogP contribution in [0.5, 0.6) is 5.75 Å². The van der Waals surface area contributed by atoms with Gasteiger partial charge in [0.2, 0.25) is 5.91 Å². The highest BCUT2D eigenvalue weighted by atomic mass is 32.2. The van der Waals surface area contributed by atoms with Crippen LogP contribution in [0.1, 0.15) is 35.9 Å². The predicted octanol–water partition coefficient (Wildman–Crippen LogP) is 3.57. The SMILES string of the molecule is CCCCn1nnnc1COC(=O)c1ccccc1SCC(=O)Nc1cccc(OC)c1. The van der Waals surface area contributed by atoms with Crippen LogP contribution in [0.15, 0.2) is 53.4 Å². The first kappa shape index (κ1) is 23.3. The second kappa shape index (κ2) is 11.8. The molecule has 3 rings (SSSR count). The minimum atomic E-state index is -0.494. The molecule has 2 aromatic carbocycles. The third-order valence-electron chi connectivity index (χ3n) is 4.48. The van der Waals surface area contributed by atoms with E-state index in [0.717, 1.165) is 12.8 Å². The first-order valence-corrected chi connectivity index (χ1v) is 11.2. The molecule has 0 unspecified atom stereocenters. The lowest BCUT2D eigenvalue weighted by Gasteiger charge is -2.10. The van der Waals surface area contributed by atoms with Crippen LogP contribution in [-0.2, 0) is 22.7 Å². The number of nitrogens with zero attached hydrogens (tertiary/aromatic N) is 4. The van der Waals surface area contributed by atoms with Crippen molar-refractivity contribution in [3.8, 4) is 5.75 Å². The van der Waals surface area contributed by atoms with Gasteiger partial charge in [-0.1, -0.05) is 31.5 Å². The van der Waals surface area contributed by atoms with Crippen molar-refractivity contribution < 1.29 is 19.1 Å². The summed E-state index contributed by atoms with van der Waals surface area (Å²) in [4.78, 5) is 25.7. The summed E-state index contributed by atoms with van der Waals surface area (Å²) in [5, 5.41) is 14.3. The van der Waals surface area contributed by atoms with Gasteiger partial charge in [-0.3, -0.25) is 4.79 Å². The zero-order chi connectivity index (χ0) is 22.8. The zero-order valence-electron chi connectivity index (χ0n) is 18.0. The van der Waals surface area contributed by atoms with Gasteiger partial charge >= 0.3 is 5.97 Å². The van der Waals surface area contributed by atoms with Gasteiger partial charge < -0.3 is 14.8 Å². The second-order valence-electron chi connectivity index (χ2n) is 6.81. The fourth-order valence-corrected chi connectivity index (χ4v) is 3.66. The highest BCUT2D eigenvalue weighted by Crippen LogP contribution is 2.24. The zero-order valence-corrected chi connectivity index (χ0v) is 18.8. The van der Waals surface area contributed by atoms with Crippen molar-refractivity contribution in [2.24, 2.45) is 0 Å². The Morgan fingerprint density at radius 1 is 1.16 bits per heavy atom. The molecule has 10 heteroatoms. The number of nitrogens with one attached hydrogen (secondary N) is 1. The number of thioether (sulfide) groups is 1. The Labute approximate surface area is 190 Å². The molecule has 9 nitrogen and oxygen atoms in total. The smallest absolute Gasteiger partial charge is 0.339 e. The van der Waals surface area contributed by atoms with Gasteiger partial charge in [0.15, 0.2) is 12.4 Å². The van der Waals surface area contributed by atoms with E-state index in [9.17, 15) is 9.59 Å². The first-order valence-electron chi connectivity index (χ1n) is 10.2. The molecule has 0 spiro atoms. The van der Waals surface area contributed by atoms with Gasteiger partial charge in [0, 0.05) is 23.2 Å². The van der Waals surface area contributed by atoms with Crippen LogP contribution in [0.2, 0.25) is 0 Å². The molecule has 32 heavy (non-hydrogen) atoms. The molecular formula is C22H25N5O4S. The fourth-order valence-electron chi connectivity index (χ4n) is 2.82. The summed E-state index contributed by atoms with van der Waals surface area (Å²) in [6.45, 7) is 2.73. The van der Waals surface area contributed by atoms with E-state index in [4.69, 9.17) is 9.47 Å². The Kier molecular flexibility index (Phi) is 8.61. The van der Waals surface area contributed by atoms with Crippen LogP contribution in [0.25, 0.3) is 0 Å². The molecule has 1 N–H and O–H groups in total. The molecule has 0 fully saturated rings. The third kappa shape index (κ3) is 6.55. The number of tetrazole rings is 1. The Morgan fingerprint density at radius 3 is 2.81 bits per heavy atom. The number of ether oxygens (including phenoxy) is 2. The highest BCUT2D eigenvalue weighted by Gasteiger charge is 2.16. The van der Waals surface area contributed by atoms with Gasteiger partial charge in [-0.2, -0.15) is 0 Å². The number of anilines is 1. The topological polar surface area (TPSA) is 108 Å². The normalized spacial score (nSPS) is 10.6. The number of carbonyl (C=O) groups excluding carboxylic acids is 2. The largest absolute Gasteiger partial charge is 0.497 e. The Bertz CT molecular complexity index is 1060. The van der Waals surface area contributed by atoms with Crippen LogP contribution >= 0.6 is 11.8 Å². The van der Waals surface area contributed by atoms with Crippen LogP contribution in [0.3, 0.4) is 0 Å². The van der Waals surface area contributed by atoms with E-state index >= 15 is 0 Å². The first-order chi connectivity index (χ1) is 15.6. The minimum Gasteiger partial charge on any atom is -0.497 e. The quantitative estimate of drug-likeness (QED) is 0.345. The lowest BCUT2D eigenvalue weighted by molar-refractivity contribution is -0.113. The van der Waals surface area contributed by atoms with Crippen LogP contribution < -0.4 is 10.1 Å². The molecule has 3 aromatic rings. The maximum Gasteiger partial charge on any atom is 0.339 e. The molecule has 0 bridgehead atoms. The standard InChI is InChI=1S/C22H25N5O4S/c1-3-4-12-27-20(24-25-26-27)14-31-22(29)18-10-5-6-11-19(18)32-15-21(28)23-16-8-7-9-17(13-16)30-2/h5-11,13H,3-4,12,14-15H2,1-2H3,(H,23,28). The van der Waals surface area contributed by atoms with Gasteiger partial charge in [-0.25, -0.2) is 9.48 Å². The number of rotatable bonds is 11. The van der Waals surface area contributed by atoms with Crippen molar-refractivity contribution in [3.05, 3.63) is 59.9 Å². The lowest BCUT2D eigenvalue weighted by atomic mass is 10.2. The van der Waals surface area contributed by atoms with Gasteiger partial charge in [-0.15, -0.1) is 16.9 Å². The van der Waals surface area contributed by atoms with Crippen molar-refractivity contribution in [1.29, 1.82) is 0 Å². The number of aromatic nitrogens is 4. The number of hydrogen-bond acceptors (Lipinski definition) is 8. The molecule has 0 aliphatic rings. The monoisotopic (exact) mass is 455 g/mol. The van der Waals surface area contributed by atoms with Crippen molar-refractivity contribution in [1.82, 2.24) is 20.2 Å². The van der Waals surface area contributed by atoms with Crippen molar-refractivity contribution in [2.75, 3.05) is 18.2 Å². The summed E-state index contributed by atoms with van der Waals surface area (Å²) in [5.74, 6) is 0.600. The van der Waals surface area contributed by atoms with E-state index in [1.807, 2.05) is 6.07 Å². The Hall–Kier alpha value is -3.40. The molecule has 0 saturated carbocycles. The van der Waals surface area contributed by atoms with Gasteiger partial charge in [0.05, 0.1) is 18.4 Å². The Balaban J connectivity index is 1.57. The van der Waals surface area contributed by atoms with Crippen molar-refractivity contribution in [2.45, 2.75) is 37.8 Å². The average Bonchev–Trinajstić information content (AvgIpc) is 3.27. The number of methoxy groups -OCH3 is 1. The number of benzene rings is 2. The summed E-state index contributed by atoms with van der Waals surface area (Å²) in [7, 11) is 1.57. The summed E-state index contributed by atoms with van der Waals surface area (Å²) in [6.07, 6.45) is 1.94. The number of hydrogen-bond donors (Lipinski definition) is 1. The molecule has 1 heterocycles. The number of unbranched alkanes of at least 4 members (excludes halogenated alkanes) is 1. The van der Waals surface area contributed by atoms with E-state index in [-0.39, 0.29) is 18.3 Å². The summed E-state index contributed by atoms with van der Waals surface area (Å²) >= 11 is 1.26. The van der Waals surface area contributed by atoms with E-state index < -0.39 is 5.97 Å². The van der Waals surface area contributed by atoms with Crippen LogP contribution in [-0.4, -0.2) is 44.9 Å². The summed E-state index contributed by atoms with van der Waals surface area (Å²) in [5.41, 5.74) is 1.03. The van der Waals surface area contributed by atoms with Crippen molar-refractivity contribution >= 4 is 29.3 Å². The summed E-state index contributed by atoms with van der Waals surface area (Å²) in [6, 6.07) is 14.1. The van der Waals surface area contributed by atoms with Gasteiger partial charge in [0.25, 0.3) is 0 Å². The van der Waals surface area contributed by atoms with Gasteiger partial charge in [-0.05, 0) is 41.1 Å². The van der Waals surface area contributed by atoms with E-state index in [1.54, 1.807) is 54.3 Å². The molecule has 1 aromatic heterocycles. The van der Waals surface area contributed by atoms with E-state index in [2.05, 4.69) is 27.8 Å². The third-order valence-corrected chi connectivity index (χ3v) is 5.55. The maximum atomic E-state index is 12.7. The number of amides is 1. The van der Waals surface area contributed by atoms with Crippen LogP contribution in [0, 0.1) is 0 Å². The molecule has 0 saturated heterocycles. The number of aryl methyl sites for hydroxylation is 1. The van der Waals surface area contributed by atoms with Gasteiger partial charge in [0.1, 0.15) is 5.75 Å². The number of esters is 1. The molecule has 0 atom stereocenters. The molecule has 168 valence electrons. The summed E-state index contributed by atoms with van der Waals surface area (Å²) < 4.78 is 12.2. The molecule has 0 aliphatic carbocycles. The molecule has 1 amide bonds. The maximum absolute atomic E-state index is 12.7. The van der Waals surface area contributed by atoms with Crippen LogP contribution in [0.4, 0.5) is 5.69 Å². The molecule has 0 aliphatic heterocycles. The van der Waals surface area contributed by atoms with E-state index in [1.165, 1.54) is 11.8 Å². The predicted molar refractivity (Wildman–Crippen MR) is 121 cm³/mol. The molecular weight excluding hydrogens is 430 g/mol. The fraction of sp³-hybridized carbons (Fsp3) is 0.318. The number of carbonyl (C=O) groups is 2. The molecule has 0 radical (unpaired) electrons. The Morgan fingerprint density at radius 2 is 2.00 bits per heavy atom.